The lowest BCUT2D eigenvalue weighted by molar-refractivity contribution is 0.197. The van der Waals surface area contributed by atoms with Gasteiger partial charge >= 0.3 is 6.03 Å². The maximum absolute atomic E-state index is 12.4. The molecule has 5 nitrogen and oxygen atoms in total. The third-order valence-corrected chi connectivity index (χ3v) is 4.61. The average Bonchev–Trinajstić information content (AvgIpc) is 2.63. The van der Waals surface area contributed by atoms with Gasteiger partial charge < -0.3 is 4.90 Å². The predicted molar refractivity (Wildman–Crippen MR) is 87.9 cm³/mol. The molecule has 0 aromatic carbocycles. The first kappa shape index (κ1) is 16.1. The summed E-state index contributed by atoms with van der Waals surface area (Å²) < 4.78 is 0. The standard InChI is InChI=1S/C15H24N4OS/c1-11-7-9-21-10-8-19(11)14(20)16-13-6-5-12(17-18-13)15(2,3)4/h5-6,11H,7-10H2,1-4H3,(H,16,18,20)/t11-/m1/s1. The third kappa shape index (κ3) is 4.33. The minimum atomic E-state index is -0.0807. The van der Waals surface area contributed by atoms with Crippen LogP contribution in [0.4, 0.5) is 10.6 Å². The van der Waals surface area contributed by atoms with Gasteiger partial charge in [0.25, 0.3) is 0 Å². The average molecular weight is 308 g/mol. The van der Waals surface area contributed by atoms with E-state index in [0.29, 0.717) is 5.82 Å². The van der Waals surface area contributed by atoms with Crippen molar-refractivity contribution in [2.75, 3.05) is 23.4 Å². The van der Waals surface area contributed by atoms with Gasteiger partial charge in [0.15, 0.2) is 5.82 Å². The highest BCUT2D eigenvalue weighted by molar-refractivity contribution is 7.99. The van der Waals surface area contributed by atoms with Gasteiger partial charge in [0.05, 0.1) is 5.69 Å². The summed E-state index contributed by atoms with van der Waals surface area (Å²) in [6.45, 7) is 9.15. The largest absolute Gasteiger partial charge is 0.323 e. The molecule has 1 aliphatic rings. The molecule has 1 saturated heterocycles. The second-order valence-electron chi connectivity index (χ2n) is 6.43. The van der Waals surface area contributed by atoms with Crippen LogP contribution in [-0.2, 0) is 5.41 Å². The maximum Gasteiger partial charge on any atom is 0.323 e. The number of amides is 2. The van der Waals surface area contributed by atoms with Crippen LogP contribution in [0.5, 0.6) is 0 Å². The van der Waals surface area contributed by atoms with Gasteiger partial charge in [-0.3, -0.25) is 5.32 Å². The molecule has 0 bridgehead atoms. The van der Waals surface area contributed by atoms with Crippen LogP contribution in [0.3, 0.4) is 0 Å². The Hall–Kier alpha value is -1.30. The maximum atomic E-state index is 12.4. The van der Waals surface area contributed by atoms with Crippen LogP contribution in [0, 0.1) is 0 Å². The highest BCUT2D eigenvalue weighted by atomic mass is 32.2. The fourth-order valence-electron chi connectivity index (χ4n) is 2.18. The smallest absolute Gasteiger partial charge is 0.321 e. The fraction of sp³-hybridized carbons (Fsp3) is 0.667. The molecular weight excluding hydrogens is 284 g/mol. The zero-order valence-electron chi connectivity index (χ0n) is 13.2. The van der Waals surface area contributed by atoms with Crippen molar-refractivity contribution in [1.29, 1.82) is 0 Å². The molecule has 1 fully saturated rings. The number of hydrogen-bond acceptors (Lipinski definition) is 4. The number of hydrogen-bond donors (Lipinski definition) is 1. The zero-order chi connectivity index (χ0) is 15.5. The van der Waals surface area contributed by atoms with E-state index in [1.165, 1.54) is 0 Å². The number of rotatable bonds is 1. The molecular formula is C15H24N4OS. The van der Waals surface area contributed by atoms with Crippen LogP contribution in [0.2, 0.25) is 0 Å². The lowest BCUT2D eigenvalue weighted by Gasteiger charge is -2.26. The van der Waals surface area contributed by atoms with E-state index >= 15 is 0 Å². The van der Waals surface area contributed by atoms with E-state index in [4.69, 9.17) is 0 Å². The Labute approximate surface area is 130 Å². The molecule has 0 aliphatic carbocycles. The molecule has 6 heteroatoms. The number of carbonyl (C=O) groups is 1. The molecule has 116 valence electrons. The van der Waals surface area contributed by atoms with E-state index in [1.54, 1.807) is 0 Å². The lowest BCUT2D eigenvalue weighted by atomic mass is 9.92. The number of thioether (sulfide) groups is 1. The Kier molecular flexibility index (Phi) is 5.08. The van der Waals surface area contributed by atoms with Gasteiger partial charge in [-0.25, -0.2) is 4.79 Å². The molecule has 0 saturated carbocycles. The summed E-state index contributed by atoms with van der Waals surface area (Å²) in [6, 6.07) is 3.93. The van der Waals surface area contributed by atoms with Gasteiger partial charge in [0.1, 0.15) is 0 Å². The van der Waals surface area contributed by atoms with E-state index in [-0.39, 0.29) is 17.5 Å². The van der Waals surface area contributed by atoms with Crippen molar-refractivity contribution < 1.29 is 4.79 Å². The van der Waals surface area contributed by atoms with Crippen LogP contribution in [-0.4, -0.2) is 45.2 Å². The van der Waals surface area contributed by atoms with Crippen molar-refractivity contribution in [3.63, 3.8) is 0 Å². The number of aromatic nitrogens is 2. The molecule has 2 rings (SSSR count). The van der Waals surface area contributed by atoms with Gasteiger partial charge in [-0.2, -0.15) is 16.9 Å². The van der Waals surface area contributed by atoms with E-state index in [9.17, 15) is 4.79 Å². The Bertz CT molecular complexity index is 483. The first-order chi connectivity index (χ1) is 9.88. The van der Waals surface area contributed by atoms with Crippen molar-refractivity contribution in [3.8, 4) is 0 Å². The zero-order valence-corrected chi connectivity index (χ0v) is 14.0. The summed E-state index contributed by atoms with van der Waals surface area (Å²) in [5, 5.41) is 11.2. The summed E-state index contributed by atoms with van der Waals surface area (Å²) in [6.07, 6.45) is 1.03. The van der Waals surface area contributed by atoms with Gasteiger partial charge in [-0.05, 0) is 31.2 Å². The number of nitrogens with zero attached hydrogens (tertiary/aromatic N) is 3. The summed E-state index contributed by atoms with van der Waals surface area (Å²) >= 11 is 1.90. The topological polar surface area (TPSA) is 58.1 Å². The quantitative estimate of drug-likeness (QED) is 0.866. The highest BCUT2D eigenvalue weighted by Crippen LogP contribution is 2.20. The van der Waals surface area contributed by atoms with E-state index in [1.807, 2.05) is 28.8 Å². The van der Waals surface area contributed by atoms with E-state index in [2.05, 4.69) is 43.2 Å². The fourth-order valence-corrected chi connectivity index (χ4v) is 3.21. The Morgan fingerprint density at radius 3 is 2.71 bits per heavy atom. The Balaban J connectivity index is 2.02. The van der Waals surface area contributed by atoms with Crippen LogP contribution in [0.1, 0.15) is 39.8 Å². The number of nitrogens with one attached hydrogen (secondary N) is 1. The first-order valence-electron chi connectivity index (χ1n) is 7.37. The van der Waals surface area contributed by atoms with Gasteiger partial charge in [-0.1, -0.05) is 20.8 Å². The molecule has 0 radical (unpaired) electrons. The number of anilines is 1. The van der Waals surface area contributed by atoms with Crippen LogP contribution in [0.25, 0.3) is 0 Å². The van der Waals surface area contributed by atoms with Crippen LogP contribution >= 0.6 is 11.8 Å². The van der Waals surface area contributed by atoms with Gasteiger partial charge in [0.2, 0.25) is 0 Å². The highest BCUT2D eigenvalue weighted by Gasteiger charge is 2.23. The Morgan fingerprint density at radius 2 is 2.10 bits per heavy atom. The normalized spacial score (nSPS) is 20.0. The molecule has 21 heavy (non-hydrogen) atoms. The van der Waals surface area contributed by atoms with Gasteiger partial charge in [0, 0.05) is 23.8 Å². The minimum absolute atomic E-state index is 0.0357. The summed E-state index contributed by atoms with van der Waals surface area (Å²) in [7, 11) is 0. The van der Waals surface area contributed by atoms with Crippen molar-refractivity contribution in [2.45, 2.75) is 45.6 Å². The lowest BCUT2D eigenvalue weighted by Crippen LogP contribution is -2.42. The monoisotopic (exact) mass is 308 g/mol. The molecule has 1 atom stereocenters. The molecule has 0 spiro atoms. The Morgan fingerprint density at radius 1 is 1.33 bits per heavy atom. The molecule has 0 unspecified atom stereocenters. The first-order valence-corrected chi connectivity index (χ1v) is 8.53. The second kappa shape index (κ2) is 6.64. The number of urea groups is 1. The molecule has 2 amide bonds. The third-order valence-electron chi connectivity index (χ3n) is 3.62. The predicted octanol–water partition coefficient (Wildman–Crippen LogP) is 3.13. The van der Waals surface area contributed by atoms with Crippen molar-refractivity contribution in [3.05, 3.63) is 17.8 Å². The summed E-state index contributed by atoms with van der Waals surface area (Å²) in [5.74, 6) is 2.62. The van der Waals surface area contributed by atoms with Crippen molar-refractivity contribution in [2.24, 2.45) is 0 Å². The van der Waals surface area contributed by atoms with E-state index < -0.39 is 0 Å². The summed E-state index contributed by atoms with van der Waals surface area (Å²) in [5.41, 5.74) is 0.881. The van der Waals surface area contributed by atoms with Crippen molar-refractivity contribution in [1.82, 2.24) is 15.1 Å². The molecule has 2 heterocycles. The number of carbonyl (C=O) groups excluding carboxylic acids is 1. The molecule has 1 aliphatic heterocycles. The second-order valence-corrected chi connectivity index (χ2v) is 7.65. The minimum Gasteiger partial charge on any atom is -0.321 e. The summed E-state index contributed by atoms with van der Waals surface area (Å²) in [4.78, 5) is 14.2. The molecule has 1 aromatic heterocycles. The SMILES string of the molecule is C[C@@H]1CCSCCN1C(=O)Nc1ccc(C(C)(C)C)nn1. The molecule has 1 aromatic rings. The van der Waals surface area contributed by atoms with Crippen molar-refractivity contribution >= 4 is 23.6 Å². The van der Waals surface area contributed by atoms with E-state index in [0.717, 1.165) is 30.2 Å². The van der Waals surface area contributed by atoms with Crippen LogP contribution in [0.15, 0.2) is 12.1 Å². The van der Waals surface area contributed by atoms with Gasteiger partial charge in [-0.15, -0.1) is 5.10 Å². The molecule has 1 N–H and O–H groups in total. The van der Waals surface area contributed by atoms with Crippen LogP contribution < -0.4 is 5.32 Å².